The van der Waals surface area contributed by atoms with Crippen LogP contribution in [0, 0.1) is 0 Å². The number of hydrogen-bond donors (Lipinski definition) is 2. The van der Waals surface area contributed by atoms with E-state index in [1.165, 1.54) is 11.8 Å². The minimum absolute atomic E-state index is 0.0705. The minimum atomic E-state index is -0.0927. The molecule has 2 aromatic rings. The average molecular weight is 329 g/mol. The summed E-state index contributed by atoms with van der Waals surface area (Å²) >= 11 is 1.48. The van der Waals surface area contributed by atoms with Gasteiger partial charge in [0.05, 0.1) is 5.75 Å². The van der Waals surface area contributed by atoms with E-state index in [4.69, 9.17) is 0 Å². The summed E-state index contributed by atoms with van der Waals surface area (Å²) < 4.78 is 0. The average Bonchev–Trinajstić information content (AvgIpc) is 2.60. The molecule has 0 bridgehead atoms. The Morgan fingerprint density at radius 2 is 1.83 bits per heavy atom. The van der Waals surface area contributed by atoms with Crippen LogP contribution >= 0.6 is 11.8 Å². The lowest BCUT2D eigenvalue weighted by Gasteiger charge is -2.07. The molecule has 5 nitrogen and oxygen atoms in total. The topological polar surface area (TPSA) is 71.1 Å². The molecule has 1 aromatic carbocycles. The van der Waals surface area contributed by atoms with Crippen LogP contribution in [0.1, 0.15) is 12.0 Å². The summed E-state index contributed by atoms with van der Waals surface area (Å²) in [7, 11) is 0. The summed E-state index contributed by atoms with van der Waals surface area (Å²) in [5, 5.41) is 5.54. The first kappa shape index (κ1) is 17.0. The van der Waals surface area contributed by atoms with Gasteiger partial charge < -0.3 is 10.6 Å². The molecule has 0 saturated heterocycles. The SMILES string of the molecule is O=C(CCNC(=O)CSc1ccccc1)NCc1cccnc1. The number of benzene rings is 1. The summed E-state index contributed by atoms with van der Waals surface area (Å²) in [5.74, 6) is 0.185. The molecule has 6 heteroatoms. The second-order valence-electron chi connectivity index (χ2n) is 4.84. The molecule has 23 heavy (non-hydrogen) atoms. The predicted octanol–water partition coefficient (Wildman–Crippen LogP) is 2.00. The van der Waals surface area contributed by atoms with Gasteiger partial charge in [-0.05, 0) is 23.8 Å². The highest BCUT2D eigenvalue weighted by atomic mass is 32.2. The third-order valence-corrected chi connectivity index (χ3v) is 4.01. The maximum atomic E-state index is 11.7. The first-order valence-corrected chi connectivity index (χ1v) is 8.33. The van der Waals surface area contributed by atoms with Crippen LogP contribution < -0.4 is 10.6 Å². The lowest BCUT2D eigenvalue weighted by molar-refractivity contribution is -0.121. The lowest BCUT2D eigenvalue weighted by Crippen LogP contribution is -2.31. The molecular formula is C17H19N3O2S. The van der Waals surface area contributed by atoms with Crippen LogP contribution in [0.3, 0.4) is 0 Å². The summed E-state index contributed by atoms with van der Waals surface area (Å²) in [5.41, 5.74) is 0.948. The van der Waals surface area contributed by atoms with E-state index in [-0.39, 0.29) is 18.2 Å². The molecule has 1 heterocycles. The predicted molar refractivity (Wildman–Crippen MR) is 90.9 cm³/mol. The molecule has 0 atom stereocenters. The molecule has 1 aromatic heterocycles. The van der Waals surface area contributed by atoms with E-state index in [0.717, 1.165) is 10.5 Å². The molecule has 120 valence electrons. The highest BCUT2D eigenvalue weighted by Gasteiger charge is 2.05. The van der Waals surface area contributed by atoms with Gasteiger partial charge in [0, 0.05) is 36.8 Å². The number of carbonyl (C=O) groups is 2. The van der Waals surface area contributed by atoms with E-state index < -0.39 is 0 Å². The second-order valence-corrected chi connectivity index (χ2v) is 5.89. The number of thioether (sulfide) groups is 1. The standard InChI is InChI=1S/C17H19N3O2S/c21-16(20-12-14-5-4-9-18-11-14)8-10-19-17(22)13-23-15-6-2-1-3-7-15/h1-7,9,11H,8,10,12-13H2,(H,19,22)(H,20,21). The number of nitrogens with zero attached hydrogens (tertiary/aromatic N) is 1. The Hall–Kier alpha value is -2.34. The Bertz CT molecular complexity index is 565. The van der Waals surface area contributed by atoms with Crippen molar-refractivity contribution in [3.05, 3.63) is 60.4 Å². The van der Waals surface area contributed by atoms with Crippen LogP contribution in [0.4, 0.5) is 0 Å². The highest BCUT2D eigenvalue weighted by molar-refractivity contribution is 8.00. The van der Waals surface area contributed by atoms with Gasteiger partial charge in [0.2, 0.25) is 11.8 Å². The van der Waals surface area contributed by atoms with Crippen molar-refractivity contribution in [2.24, 2.45) is 0 Å². The molecule has 2 amide bonds. The van der Waals surface area contributed by atoms with Gasteiger partial charge in [0.25, 0.3) is 0 Å². The number of carbonyl (C=O) groups excluding carboxylic acids is 2. The monoisotopic (exact) mass is 329 g/mol. The van der Waals surface area contributed by atoms with Crippen LogP contribution in [-0.4, -0.2) is 29.1 Å². The zero-order chi connectivity index (χ0) is 16.3. The quantitative estimate of drug-likeness (QED) is 0.727. The van der Waals surface area contributed by atoms with Crippen LogP contribution in [0.2, 0.25) is 0 Å². The van der Waals surface area contributed by atoms with Gasteiger partial charge in [0.1, 0.15) is 0 Å². The number of amides is 2. The van der Waals surface area contributed by atoms with Crippen molar-refractivity contribution >= 4 is 23.6 Å². The van der Waals surface area contributed by atoms with Crippen molar-refractivity contribution in [3.8, 4) is 0 Å². The maximum Gasteiger partial charge on any atom is 0.230 e. The molecule has 0 aliphatic heterocycles. The van der Waals surface area contributed by atoms with Crippen LogP contribution in [0.5, 0.6) is 0 Å². The molecule has 0 unspecified atom stereocenters. The molecule has 0 saturated carbocycles. The molecule has 2 N–H and O–H groups in total. The van der Waals surface area contributed by atoms with Crippen LogP contribution in [-0.2, 0) is 16.1 Å². The Balaban J connectivity index is 1.57. The fourth-order valence-electron chi connectivity index (χ4n) is 1.82. The van der Waals surface area contributed by atoms with E-state index in [0.29, 0.717) is 18.8 Å². The molecule has 0 radical (unpaired) electrons. The van der Waals surface area contributed by atoms with Gasteiger partial charge in [-0.15, -0.1) is 11.8 Å². The largest absolute Gasteiger partial charge is 0.355 e. The number of pyridine rings is 1. The molecule has 2 rings (SSSR count). The Morgan fingerprint density at radius 1 is 1.00 bits per heavy atom. The Labute approximate surface area is 139 Å². The lowest BCUT2D eigenvalue weighted by atomic mass is 10.3. The van der Waals surface area contributed by atoms with Crippen molar-refractivity contribution in [3.63, 3.8) is 0 Å². The first-order chi connectivity index (χ1) is 11.2. The zero-order valence-corrected chi connectivity index (χ0v) is 13.5. The van der Waals surface area contributed by atoms with Crippen molar-refractivity contribution in [1.82, 2.24) is 15.6 Å². The van der Waals surface area contributed by atoms with Crippen molar-refractivity contribution in [1.29, 1.82) is 0 Å². The van der Waals surface area contributed by atoms with Crippen LogP contribution in [0.15, 0.2) is 59.8 Å². The van der Waals surface area contributed by atoms with E-state index in [1.807, 2.05) is 42.5 Å². The van der Waals surface area contributed by atoms with Crippen molar-refractivity contribution in [2.45, 2.75) is 17.9 Å². The maximum absolute atomic E-state index is 11.7. The molecule has 0 aliphatic carbocycles. The van der Waals surface area contributed by atoms with E-state index in [1.54, 1.807) is 12.4 Å². The molecule has 0 fully saturated rings. The van der Waals surface area contributed by atoms with E-state index in [9.17, 15) is 9.59 Å². The third kappa shape index (κ3) is 6.97. The van der Waals surface area contributed by atoms with Crippen molar-refractivity contribution < 1.29 is 9.59 Å². The summed E-state index contributed by atoms with van der Waals surface area (Å²) in [6.07, 6.45) is 3.67. The Kier molecular flexibility index (Phi) is 7.13. The van der Waals surface area contributed by atoms with Crippen LogP contribution in [0.25, 0.3) is 0 Å². The molecular weight excluding hydrogens is 310 g/mol. The van der Waals surface area contributed by atoms with Gasteiger partial charge in [-0.25, -0.2) is 0 Å². The normalized spacial score (nSPS) is 10.1. The first-order valence-electron chi connectivity index (χ1n) is 7.34. The fourth-order valence-corrected chi connectivity index (χ4v) is 2.57. The zero-order valence-electron chi connectivity index (χ0n) is 12.7. The number of aromatic nitrogens is 1. The summed E-state index contributed by atoms with van der Waals surface area (Å²) in [6, 6.07) is 13.5. The van der Waals surface area contributed by atoms with E-state index >= 15 is 0 Å². The summed E-state index contributed by atoms with van der Waals surface area (Å²) in [4.78, 5) is 28.4. The van der Waals surface area contributed by atoms with Gasteiger partial charge in [-0.1, -0.05) is 24.3 Å². The van der Waals surface area contributed by atoms with Gasteiger partial charge >= 0.3 is 0 Å². The van der Waals surface area contributed by atoms with Gasteiger partial charge in [0.15, 0.2) is 0 Å². The molecule has 0 aliphatic rings. The highest BCUT2D eigenvalue weighted by Crippen LogP contribution is 2.16. The van der Waals surface area contributed by atoms with Gasteiger partial charge in [-0.3, -0.25) is 14.6 Å². The number of nitrogens with one attached hydrogen (secondary N) is 2. The summed E-state index contributed by atoms with van der Waals surface area (Å²) in [6.45, 7) is 0.789. The van der Waals surface area contributed by atoms with E-state index in [2.05, 4.69) is 15.6 Å². The minimum Gasteiger partial charge on any atom is -0.355 e. The fraction of sp³-hybridized carbons (Fsp3) is 0.235. The smallest absolute Gasteiger partial charge is 0.230 e. The van der Waals surface area contributed by atoms with Crippen molar-refractivity contribution in [2.75, 3.05) is 12.3 Å². The third-order valence-electron chi connectivity index (χ3n) is 3.00. The number of hydrogen-bond acceptors (Lipinski definition) is 4. The second kappa shape index (κ2) is 9.63. The molecule has 0 spiro atoms. The Morgan fingerprint density at radius 3 is 2.57 bits per heavy atom. The van der Waals surface area contributed by atoms with Gasteiger partial charge in [-0.2, -0.15) is 0 Å². The number of rotatable bonds is 8.